The molecule has 0 aromatic heterocycles. The van der Waals surface area contributed by atoms with Crippen molar-refractivity contribution in [2.45, 2.75) is 6.92 Å². The van der Waals surface area contributed by atoms with Crippen molar-refractivity contribution < 1.29 is 14.3 Å². The molecule has 0 bridgehead atoms. The van der Waals surface area contributed by atoms with Gasteiger partial charge in [-0.3, -0.25) is 4.79 Å². The number of aryl methyl sites for hydroxylation is 1. The second kappa shape index (κ2) is 5.69. The number of carbonyl (C=O) groups excluding carboxylic acids is 1. The van der Waals surface area contributed by atoms with E-state index in [1.807, 2.05) is 43.3 Å². The highest BCUT2D eigenvalue weighted by Crippen LogP contribution is 2.32. The van der Waals surface area contributed by atoms with Gasteiger partial charge in [-0.15, -0.1) is 0 Å². The fourth-order valence-electron chi connectivity index (χ4n) is 1.47. The van der Waals surface area contributed by atoms with Crippen LogP contribution in [0.3, 0.4) is 0 Å². The maximum absolute atomic E-state index is 10.4. The first kappa shape index (κ1) is 12.6. The standard InChI is InChI=1S/C14H11BrO3/c1-10-2-7-13(17-9-16)14(8-10)18-12-5-3-11(15)4-6-12/h2-9H,1H3. The fraction of sp³-hybridized carbons (Fsp3) is 0.0714. The van der Waals surface area contributed by atoms with E-state index < -0.39 is 0 Å². The van der Waals surface area contributed by atoms with Crippen molar-refractivity contribution >= 4 is 22.4 Å². The Labute approximate surface area is 113 Å². The minimum Gasteiger partial charge on any atom is -0.453 e. The zero-order valence-electron chi connectivity index (χ0n) is 9.72. The number of hydrogen-bond donors (Lipinski definition) is 0. The molecule has 0 fully saturated rings. The molecule has 0 saturated heterocycles. The number of hydrogen-bond acceptors (Lipinski definition) is 3. The summed E-state index contributed by atoms with van der Waals surface area (Å²) < 4.78 is 11.5. The summed E-state index contributed by atoms with van der Waals surface area (Å²) in [5, 5.41) is 0. The third-order valence-corrected chi connectivity index (χ3v) is 2.84. The fourth-order valence-corrected chi connectivity index (χ4v) is 1.74. The molecule has 2 rings (SSSR count). The van der Waals surface area contributed by atoms with Crippen LogP contribution >= 0.6 is 15.9 Å². The molecule has 0 saturated carbocycles. The van der Waals surface area contributed by atoms with E-state index in [9.17, 15) is 4.79 Å². The van der Waals surface area contributed by atoms with Gasteiger partial charge in [0.25, 0.3) is 6.47 Å². The Kier molecular flexibility index (Phi) is 3.99. The Morgan fingerprint density at radius 1 is 1.06 bits per heavy atom. The smallest absolute Gasteiger partial charge is 0.298 e. The predicted octanol–water partition coefficient (Wildman–Crippen LogP) is 4.09. The monoisotopic (exact) mass is 306 g/mol. The van der Waals surface area contributed by atoms with Crippen molar-refractivity contribution in [3.05, 3.63) is 52.5 Å². The Morgan fingerprint density at radius 2 is 1.78 bits per heavy atom. The first-order valence-electron chi connectivity index (χ1n) is 5.33. The van der Waals surface area contributed by atoms with Crippen LogP contribution in [-0.2, 0) is 4.79 Å². The molecule has 18 heavy (non-hydrogen) atoms. The van der Waals surface area contributed by atoms with E-state index in [0.717, 1.165) is 10.0 Å². The van der Waals surface area contributed by atoms with E-state index in [1.54, 1.807) is 6.07 Å². The van der Waals surface area contributed by atoms with E-state index in [2.05, 4.69) is 15.9 Å². The first-order chi connectivity index (χ1) is 8.69. The minimum absolute atomic E-state index is 0.388. The summed E-state index contributed by atoms with van der Waals surface area (Å²) in [6.45, 7) is 2.33. The summed E-state index contributed by atoms with van der Waals surface area (Å²) in [6.07, 6.45) is 0. The summed E-state index contributed by atoms with van der Waals surface area (Å²) >= 11 is 3.36. The molecule has 0 atom stereocenters. The maximum Gasteiger partial charge on any atom is 0.298 e. The second-order valence-corrected chi connectivity index (χ2v) is 4.64. The molecule has 0 amide bonds. The van der Waals surface area contributed by atoms with Crippen LogP contribution < -0.4 is 9.47 Å². The predicted molar refractivity (Wildman–Crippen MR) is 72.1 cm³/mol. The van der Waals surface area contributed by atoms with Crippen molar-refractivity contribution in [3.8, 4) is 17.2 Å². The highest BCUT2D eigenvalue weighted by atomic mass is 79.9. The molecule has 0 unspecified atom stereocenters. The third kappa shape index (κ3) is 3.11. The lowest BCUT2D eigenvalue weighted by Crippen LogP contribution is -1.93. The Balaban J connectivity index is 2.29. The average Bonchev–Trinajstić information content (AvgIpc) is 2.36. The minimum atomic E-state index is 0.388. The highest BCUT2D eigenvalue weighted by molar-refractivity contribution is 9.10. The quantitative estimate of drug-likeness (QED) is 0.798. The normalized spacial score (nSPS) is 9.89. The van der Waals surface area contributed by atoms with E-state index in [1.165, 1.54) is 0 Å². The van der Waals surface area contributed by atoms with E-state index >= 15 is 0 Å². The Hall–Kier alpha value is -1.81. The van der Waals surface area contributed by atoms with E-state index in [-0.39, 0.29) is 0 Å². The van der Waals surface area contributed by atoms with Crippen LogP contribution in [0.1, 0.15) is 5.56 Å². The zero-order valence-corrected chi connectivity index (χ0v) is 11.3. The van der Waals surface area contributed by atoms with Crippen LogP contribution in [0.4, 0.5) is 0 Å². The van der Waals surface area contributed by atoms with Gasteiger partial charge in [-0.1, -0.05) is 22.0 Å². The molecular formula is C14H11BrO3. The van der Waals surface area contributed by atoms with Gasteiger partial charge in [-0.25, -0.2) is 0 Å². The molecule has 0 aliphatic carbocycles. The van der Waals surface area contributed by atoms with Crippen LogP contribution in [-0.4, -0.2) is 6.47 Å². The molecule has 2 aromatic carbocycles. The van der Waals surface area contributed by atoms with Crippen molar-refractivity contribution in [3.63, 3.8) is 0 Å². The van der Waals surface area contributed by atoms with E-state index in [0.29, 0.717) is 23.7 Å². The first-order valence-corrected chi connectivity index (χ1v) is 6.13. The number of rotatable bonds is 4. The van der Waals surface area contributed by atoms with Gasteiger partial charge in [0.2, 0.25) is 0 Å². The lowest BCUT2D eigenvalue weighted by atomic mass is 10.2. The summed E-state index contributed by atoms with van der Waals surface area (Å²) in [5.41, 5.74) is 1.03. The van der Waals surface area contributed by atoms with Crippen molar-refractivity contribution in [2.24, 2.45) is 0 Å². The van der Waals surface area contributed by atoms with Crippen LogP contribution in [0.25, 0.3) is 0 Å². The van der Waals surface area contributed by atoms with Gasteiger partial charge >= 0.3 is 0 Å². The van der Waals surface area contributed by atoms with Gasteiger partial charge in [0.15, 0.2) is 11.5 Å². The average molecular weight is 307 g/mol. The topological polar surface area (TPSA) is 35.5 Å². The van der Waals surface area contributed by atoms with Crippen molar-refractivity contribution in [1.29, 1.82) is 0 Å². The Morgan fingerprint density at radius 3 is 2.44 bits per heavy atom. The molecule has 4 heteroatoms. The summed E-state index contributed by atoms with van der Waals surface area (Å²) in [5.74, 6) is 1.60. The SMILES string of the molecule is Cc1ccc(OC=O)c(Oc2ccc(Br)cc2)c1. The van der Waals surface area contributed by atoms with Crippen LogP contribution in [0, 0.1) is 6.92 Å². The molecule has 0 N–H and O–H groups in total. The van der Waals surface area contributed by atoms with Crippen LogP contribution in [0.2, 0.25) is 0 Å². The highest BCUT2D eigenvalue weighted by Gasteiger charge is 2.06. The largest absolute Gasteiger partial charge is 0.453 e. The molecule has 0 spiro atoms. The van der Waals surface area contributed by atoms with Gasteiger partial charge in [0.05, 0.1) is 0 Å². The Bertz CT molecular complexity index is 549. The van der Waals surface area contributed by atoms with Gasteiger partial charge in [-0.2, -0.15) is 0 Å². The number of carbonyl (C=O) groups is 1. The summed E-state index contributed by atoms with van der Waals surface area (Å²) in [6, 6.07) is 12.8. The summed E-state index contributed by atoms with van der Waals surface area (Å²) in [7, 11) is 0. The van der Waals surface area contributed by atoms with E-state index in [4.69, 9.17) is 9.47 Å². The summed E-state index contributed by atoms with van der Waals surface area (Å²) in [4.78, 5) is 10.4. The molecule has 0 aliphatic rings. The lowest BCUT2D eigenvalue weighted by Gasteiger charge is -2.10. The number of halogens is 1. The van der Waals surface area contributed by atoms with Crippen molar-refractivity contribution in [2.75, 3.05) is 0 Å². The molecule has 0 aliphatic heterocycles. The molecular weight excluding hydrogens is 296 g/mol. The lowest BCUT2D eigenvalue weighted by molar-refractivity contribution is -0.120. The third-order valence-electron chi connectivity index (χ3n) is 2.32. The van der Waals surface area contributed by atoms with Gasteiger partial charge in [0.1, 0.15) is 5.75 Å². The van der Waals surface area contributed by atoms with Gasteiger partial charge in [0, 0.05) is 4.47 Å². The van der Waals surface area contributed by atoms with Crippen LogP contribution in [0.5, 0.6) is 17.2 Å². The second-order valence-electron chi connectivity index (χ2n) is 3.72. The van der Waals surface area contributed by atoms with Gasteiger partial charge < -0.3 is 9.47 Å². The van der Waals surface area contributed by atoms with Crippen LogP contribution in [0.15, 0.2) is 46.9 Å². The molecule has 0 radical (unpaired) electrons. The van der Waals surface area contributed by atoms with Gasteiger partial charge in [-0.05, 0) is 48.9 Å². The molecule has 2 aromatic rings. The molecule has 92 valence electrons. The number of ether oxygens (including phenoxy) is 2. The zero-order chi connectivity index (χ0) is 13.0. The van der Waals surface area contributed by atoms with Crippen molar-refractivity contribution in [1.82, 2.24) is 0 Å². The number of benzene rings is 2. The maximum atomic E-state index is 10.4. The molecule has 3 nitrogen and oxygen atoms in total. The molecule has 0 heterocycles.